The number of benzene rings is 2. The first kappa shape index (κ1) is 16.7. The van der Waals surface area contributed by atoms with Gasteiger partial charge in [0, 0.05) is 34.2 Å². The van der Waals surface area contributed by atoms with Gasteiger partial charge in [-0.25, -0.2) is 4.79 Å². The van der Waals surface area contributed by atoms with Crippen molar-refractivity contribution in [2.75, 3.05) is 18.2 Å². The molecular formula is C18H20N2O3S. The van der Waals surface area contributed by atoms with Crippen molar-refractivity contribution in [3.63, 3.8) is 0 Å². The lowest BCUT2D eigenvalue weighted by Gasteiger charge is -2.20. The number of hydrogen-bond acceptors (Lipinski definition) is 3. The quantitative estimate of drug-likeness (QED) is 0.896. The lowest BCUT2D eigenvalue weighted by Crippen LogP contribution is -2.39. The summed E-state index contributed by atoms with van der Waals surface area (Å²) < 4.78 is 17.3. The smallest absolute Gasteiger partial charge is 0.319 e. The predicted molar refractivity (Wildman–Crippen MR) is 94.5 cm³/mol. The molecule has 0 saturated carbocycles. The Morgan fingerprint density at radius 1 is 1.17 bits per heavy atom. The van der Waals surface area contributed by atoms with E-state index >= 15 is 0 Å². The van der Waals surface area contributed by atoms with Crippen LogP contribution in [0.4, 0.5) is 10.5 Å². The van der Waals surface area contributed by atoms with Gasteiger partial charge in [-0.05, 0) is 30.2 Å². The highest BCUT2D eigenvalue weighted by Crippen LogP contribution is 2.29. The third-order valence-electron chi connectivity index (χ3n) is 3.96. The maximum Gasteiger partial charge on any atom is 0.319 e. The Kier molecular flexibility index (Phi) is 5.27. The van der Waals surface area contributed by atoms with Crippen LogP contribution in [0.3, 0.4) is 0 Å². The maximum atomic E-state index is 12.3. The summed E-state index contributed by atoms with van der Waals surface area (Å²) in [5, 5.41) is 5.77. The van der Waals surface area contributed by atoms with Crippen molar-refractivity contribution < 1.29 is 13.7 Å². The molecule has 3 rings (SSSR count). The summed E-state index contributed by atoms with van der Waals surface area (Å²) in [6.45, 7) is 0.620. The van der Waals surface area contributed by atoms with Crippen molar-refractivity contribution in [2.45, 2.75) is 23.5 Å². The Morgan fingerprint density at radius 3 is 2.71 bits per heavy atom. The average molecular weight is 344 g/mol. The van der Waals surface area contributed by atoms with Gasteiger partial charge in [0.2, 0.25) is 0 Å². The molecule has 5 nitrogen and oxygen atoms in total. The number of urea groups is 1. The molecule has 0 radical (unpaired) electrons. The molecule has 0 aliphatic carbocycles. The summed E-state index contributed by atoms with van der Waals surface area (Å²) in [6, 6.07) is 16.6. The van der Waals surface area contributed by atoms with Crippen LogP contribution in [-0.2, 0) is 15.5 Å². The van der Waals surface area contributed by atoms with Crippen LogP contribution >= 0.6 is 0 Å². The van der Waals surface area contributed by atoms with Crippen LogP contribution < -0.4 is 10.6 Å². The van der Waals surface area contributed by atoms with Crippen molar-refractivity contribution in [1.82, 2.24) is 5.32 Å². The Hall–Kier alpha value is -2.18. The summed E-state index contributed by atoms with van der Waals surface area (Å²) >= 11 is 0. The van der Waals surface area contributed by atoms with Crippen LogP contribution in [0.5, 0.6) is 0 Å². The first-order chi connectivity index (χ1) is 11.6. The highest BCUT2D eigenvalue weighted by Gasteiger charge is 2.30. The molecule has 2 aromatic rings. The molecule has 0 aromatic heterocycles. The Bertz CT molecular complexity index is 736. The van der Waals surface area contributed by atoms with Crippen molar-refractivity contribution in [2.24, 2.45) is 0 Å². The monoisotopic (exact) mass is 344 g/mol. The Morgan fingerprint density at radius 2 is 1.96 bits per heavy atom. The van der Waals surface area contributed by atoms with Crippen LogP contribution in [0.2, 0.25) is 0 Å². The first-order valence-corrected chi connectivity index (χ1v) is 9.37. The summed E-state index contributed by atoms with van der Waals surface area (Å²) in [5.74, 6) is 0. The van der Waals surface area contributed by atoms with E-state index in [1.54, 1.807) is 30.5 Å². The van der Waals surface area contributed by atoms with Crippen molar-refractivity contribution >= 4 is 22.5 Å². The predicted octanol–water partition coefficient (Wildman–Crippen LogP) is 3.08. The number of carbonyl (C=O) groups excluding carboxylic acids is 1. The molecule has 1 aliphatic heterocycles. The molecule has 2 aromatic carbocycles. The van der Waals surface area contributed by atoms with E-state index < -0.39 is 10.8 Å². The minimum Gasteiger partial charge on any atom is -0.371 e. The Balaban J connectivity index is 1.64. The number of anilines is 1. The van der Waals surface area contributed by atoms with Crippen LogP contribution in [0.25, 0.3) is 0 Å². The number of carbonyl (C=O) groups is 1. The molecule has 2 amide bonds. The summed E-state index contributed by atoms with van der Waals surface area (Å²) in [5.41, 5.74) is 1.68. The highest BCUT2D eigenvalue weighted by molar-refractivity contribution is 7.84. The molecule has 0 bridgehead atoms. The molecule has 1 fully saturated rings. The van der Waals surface area contributed by atoms with Gasteiger partial charge in [-0.1, -0.05) is 36.4 Å². The van der Waals surface area contributed by atoms with E-state index in [1.165, 1.54) is 0 Å². The van der Waals surface area contributed by atoms with E-state index in [2.05, 4.69) is 10.6 Å². The van der Waals surface area contributed by atoms with E-state index in [1.807, 2.05) is 30.3 Å². The normalized spacial score (nSPS) is 21.2. The molecule has 3 atom stereocenters. The molecule has 6 heteroatoms. The molecule has 0 spiro atoms. The topological polar surface area (TPSA) is 67.4 Å². The molecule has 24 heavy (non-hydrogen) atoms. The minimum atomic E-state index is -1.08. The standard InChI is InChI=1S/C18H20N2O3S/c1-24(22)15-9-5-8-14(12-15)19-18(21)20-16-10-11-23-17(16)13-6-3-2-4-7-13/h2-9,12,16-17H,10-11H2,1H3,(H2,19,20,21). The summed E-state index contributed by atoms with van der Waals surface area (Å²) in [7, 11) is -1.08. The second-order valence-corrected chi connectivity index (χ2v) is 7.06. The third kappa shape index (κ3) is 4.01. The first-order valence-electron chi connectivity index (χ1n) is 7.81. The molecule has 1 heterocycles. The van der Waals surface area contributed by atoms with Gasteiger partial charge in [0.05, 0.1) is 6.04 Å². The number of amides is 2. The second-order valence-electron chi connectivity index (χ2n) is 5.68. The van der Waals surface area contributed by atoms with E-state index in [0.717, 1.165) is 12.0 Å². The van der Waals surface area contributed by atoms with Gasteiger partial charge in [-0.3, -0.25) is 4.21 Å². The fraction of sp³-hybridized carbons (Fsp3) is 0.278. The molecule has 126 valence electrons. The number of ether oxygens (including phenoxy) is 1. The van der Waals surface area contributed by atoms with Crippen molar-refractivity contribution in [3.8, 4) is 0 Å². The van der Waals surface area contributed by atoms with Gasteiger partial charge < -0.3 is 15.4 Å². The zero-order chi connectivity index (χ0) is 16.9. The summed E-state index contributed by atoms with van der Waals surface area (Å²) in [4.78, 5) is 13.0. The van der Waals surface area contributed by atoms with Gasteiger partial charge in [0.25, 0.3) is 0 Å². The molecule has 3 unspecified atom stereocenters. The maximum absolute atomic E-state index is 12.3. The van der Waals surface area contributed by atoms with E-state index in [4.69, 9.17) is 4.74 Å². The van der Waals surface area contributed by atoms with Crippen molar-refractivity contribution in [3.05, 3.63) is 60.2 Å². The van der Waals surface area contributed by atoms with Gasteiger partial charge in [-0.2, -0.15) is 0 Å². The SMILES string of the molecule is CS(=O)c1cccc(NC(=O)NC2CCOC2c2ccccc2)c1. The largest absolute Gasteiger partial charge is 0.371 e. The fourth-order valence-corrected chi connectivity index (χ4v) is 3.36. The molecule has 1 saturated heterocycles. The lowest BCUT2D eigenvalue weighted by molar-refractivity contribution is 0.100. The van der Waals surface area contributed by atoms with E-state index in [9.17, 15) is 9.00 Å². The van der Waals surface area contributed by atoms with E-state index in [0.29, 0.717) is 17.2 Å². The summed E-state index contributed by atoms with van der Waals surface area (Å²) in [6.07, 6.45) is 2.25. The fourth-order valence-electron chi connectivity index (χ4n) is 2.80. The number of rotatable bonds is 4. The van der Waals surface area contributed by atoms with Crippen LogP contribution in [-0.4, -0.2) is 29.1 Å². The zero-order valence-electron chi connectivity index (χ0n) is 13.4. The minimum absolute atomic E-state index is 0.0733. The zero-order valence-corrected chi connectivity index (χ0v) is 14.2. The van der Waals surface area contributed by atoms with Gasteiger partial charge in [0.1, 0.15) is 6.10 Å². The number of nitrogens with one attached hydrogen (secondary N) is 2. The van der Waals surface area contributed by atoms with Gasteiger partial charge in [-0.15, -0.1) is 0 Å². The lowest BCUT2D eigenvalue weighted by atomic mass is 10.0. The van der Waals surface area contributed by atoms with Crippen LogP contribution in [0.1, 0.15) is 18.1 Å². The van der Waals surface area contributed by atoms with Crippen LogP contribution in [0.15, 0.2) is 59.5 Å². The van der Waals surface area contributed by atoms with E-state index in [-0.39, 0.29) is 18.2 Å². The highest BCUT2D eigenvalue weighted by atomic mass is 32.2. The third-order valence-corrected chi connectivity index (χ3v) is 4.88. The van der Waals surface area contributed by atoms with Gasteiger partial charge >= 0.3 is 6.03 Å². The second kappa shape index (κ2) is 7.59. The molecular weight excluding hydrogens is 324 g/mol. The molecule has 1 aliphatic rings. The Labute approximate surface area is 143 Å². The average Bonchev–Trinajstić information content (AvgIpc) is 3.03. The number of hydrogen-bond donors (Lipinski definition) is 2. The molecule has 2 N–H and O–H groups in total. The van der Waals surface area contributed by atoms with Gasteiger partial charge in [0.15, 0.2) is 0 Å². The van der Waals surface area contributed by atoms with Crippen LogP contribution in [0, 0.1) is 0 Å². The van der Waals surface area contributed by atoms with Crippen molar-refractivity contribution in [1.29, 1.82) is 0 Å².